The summed E-state index contributed by atoms with van der Waals surface area (Å²) in [6.45, 7) is 0. The van der Waals surface area contributed by atoms with Crippen LogP contribution in [0, 0.1) is 0 Å². The second-order valence-corrected chi connectivity index (χ2v) is 7.91. The van der Waals surface area contributed by atoms with Crippen molar-refractivity contribution in [3.63, 3.8) is 0 Å². The molecular formula is C23H20N4O3S. The van der Waals surface area contributed by atoms with Crippen LogP contribution in [0.4, 0.5) is 10.5 Å². The molecule has 156 valence electrons. The van der Waals surface area contributed by atoms with Crippen molar-refractivity contribution in [2.75, 3.05) is 19.4 Å². The molecule has 8 heteroatoms. The lowest BCUT2D eigenvalue weighted by molar-refractivity contribution is 0.101. The third-order valence-corrected chi connectivity index (χ3v) is 5.41. The summed E-state index contributed by atoms with van der Waals surface area (Å²) in [6, 6.07) is 21.8. The summed E-state index contributed by atoms with van der Waals surface area (Å²) in [5.41, 5.74) is 2.26. The van der Waals surface area contributed by atoms with E-state index in [4.69, 9.17) is 4.42 Å². The number of carbonyl (C=O) groups is 2. The number of aromatic nitrogens is 2. The largest absolute Gasteiger partial charge is 0.463 e. The maximum atomic E-state index is 13.1. The molecule has 0 unspecified atom stereocenters. The van der Waals surface area contributed by atoms with Gasteiger partial charge < -0.3 is 14.6 Å². The highest BCUT2D eigenvalue weighted by Crippen LogP contribution is 2.26. The molecule has 0 saturated carbocycles. The highest BCUT2D eigenvalue weighted by atomic mass is 32.2. The third kappa shape index (κ3) is 4.70. The second kappa shape index (κ2) is 8.93. The van der Waals surface area contributed by atoms with Gasteiger partial charge in [0.1, 0.15) is 11.4 Å². The number of hydrogen-bond acceptors (Lipinski definition) is 5. The maximum Gasteiger partial charge on any atom is 0.285 e. The molecule has 2 amide bonds. The Kier molecular flexibility index (Phi) is 5.90. The molecule has 0 spiro atoms. The van der Waals surface area contributed by atoms with Gasteiger partial charge in [-0.2, -0.15) is 5.10 Å². The smallest absolute Gasteiger partial charge is 0.285 e. The van der Waals surface area contributed by atoms with Crippen molar-refractivity contribution in [2.45, 2.75) is 4.90 Å². The number of furan rings is 1. The van der Waals surface area contributed by atoms with Crippen LogP contribution in [0.25, 0.3) is 17.1 Å². The molecular weight excluding hydrogens is 412 g/mol. The van der Waals surface area contributed by atoms with Crippen LogP contribution in [0.2, 0.25) is 0 Å². The van der Waals surface area contributed by atoms with E-state index in [0.29, 0.717) is 22.8 Å². The van der Waals surface area contributed by atoms with E-state index < -0.39 is 0 Å². The molecule has 0 aliphatic carbocycles. The van der Waals surface area contributed by atoms with Gasteiger partial charge in [0.15, 0.2) is 5.76 Å². The van der Waals surface area contributed by atoms with Crippen molar-refractivity contribution in [2.24, 2.45) is 0 Å². The summed E-state index contributed by atoms with van der Waals surface area (Å²) in [4.78, 5) is 27.4. The predicted octanol–water partition coefficient (Wildman–Crippen LogP) is 5.16. The van der Waals surface area contributed by atoms with Gasteiger partial charge in [-0.05, 0) is 54.2 Å². The van der Waals surface area contributed by atoms with Crippen LogP contribution >= 0.6 is 11.8 Å². The van der Waals surface area contributed by atoms with Crippen LogP contribution in [0.5, 0.6) is 0 Å². The quantitative estimate of drug-likeness (QED) is 0.441. The summed E-state index contributed by atoms with van der Waals surface area (Å²) >= 11 is 1.10. The summed E-state index contributed by atoms with van der Waals surface area (Å²) in [7, 11) is 3.39. The number of benzene rings is 2. The van der Waals surface area contributed by atoms with Gasteiger partial charge in [0.05, 0.1) is 12.0 Å². The fourth-order valence-corrected chi connectivity index (χ4v) is 3.59. The van der Waals surface area contributed by atoms with E-state index in [9.17, 15) is 9.59 Å². The molecule has 0 saturated heterocycles. The molecule has 0 aliphatic rings. The van der Waals surface area contributed by atoms with Crippen LogP contribution in [0.1, 0.15) is 10.5 Å². The molecule has 0 aliphatic heterocycles. The van der Waals surface area contributed by atoms with E-state index in [0.717, 1.165) is 22.3 Å². The standard InChI is InChI=1S/C23H20N4O3S/c1-26(2)23(29)31-18-11-6-8-16(14-18)24-22(28)20-15-19(21-12-7-13-30-21)25-27(20)17-9-4-3-5-10-17/h3-15H,1-2H3,(H,24,28). The third-order valence-electron chi connectivity index (χ3n) is 4.38. The minimum Gasteiger partial charge on any atom is -0.463 e. The van der Waals surface area contributed by atoms with Gasteiger partial charge in [0.2, 0.25) is 0 Å². The summed E-state index contributed by atoms with van der Waals surface area (Å²) in [5.74, 6) is 0.250. The second-order valence-electron chi connectivity index (χ2n) is 6.88. The number of amides is 2. The Balaban J connectivity index is 1.63. The minimum atomic E-state index is -0.324. The topological polar surface area (TPSA) is 80.4 Å². The number of anilines is 1. The number of rotatable bonds is 5. The minimum absolute atomic E-state index is 0.0891. The zero-order valence-electron chi connectivity index (χ0n) is 17.0. The molecule has 4 rings (SSSR count). The number of carbonyl (C=O) groups excluding carboxylic acids is 2. The Bertz CT molecular complexity index is 1200. The number of hydrogen-bond donors (Lipinski definition) is 1. The normalized spacial score (nSPS) is 10.6. The highest BCUT2D eigenvalue weighted by molar-refractivity contribution is 8.13. The number of nitrogens with one attached hydrogen (secondary N) is 1. The van der Waals surface area contributed by atoms with Crippen LogP contribution in [-0.4, -0.2) is 39.9 Å². The number of thioether (sulfide) groups is 1. The lowest BCUT2D eigenvalue weighted by Gasteiger charge is -2.11. The monoisotopic (exact) mass is 432 g/mol. The zero-order valence-corrected chi connectivity index (χ0v) is 17.8. The molecule has 0 bridgehead atoms. The molecule has 0 fully saturated rings. The molecule has 0 radical (unpaired) electrons. The van der Waals surface area contributed by atoms with Crippen LogP contribution < -0.4 is 5.32 Å². The summed E-state index contributed by atoms with van der Waals surface area (Å²) in [6.07, 6.45) is 1.56. The number of nitrogens with zero attached hydrogens (tertiary/aromatic N) is 3. The Labute approximate surface area is 183 Å². The first-order valence-electron chi connectivity index (χ1n) is 9.51. The highest BCUT2D eigenvalue weighted by Gasteiger charge is 2.19. The van der Waals surface area contributed by atoms with Gasteiger partial charge in [0, 0.05) is 30.7 Å². The number of para-hydroxylation sites is 1. The molecule has 0 atom stereocenters. The summed E-state index contributed by atoms with van der Waals surface area (Å²) in [5, 5.41) is 7.38. The Morgan fingerprint density at radius 1 is 1.00 bits per heavy atom. The first kappa shape index (κ1) is 20.5. The molecule has 2 aromatic heterocycles. The van der Waals surface area contributed by atoms with Crippen molar-refractivity contribution in [1.29, 1.82) is 0 Å². The zero-order chi connectivity index (χ0) is 21.8. The lowest BCUT2D eigenvalue weighted by atomic mass is 10.2. The van der Waals surface area contributed by atoms with Crippen molar-refractivity contribution >= 4 is 28.6 Å². The van der Waals surface area contributed by atoms with Crippen LogP contribution in [-0.2, 0) is 0 Å². The molecule has 7 nitrogen and oxygen atoms in total. The molecule has 31 heavy (non-hydrogen) atoms. The van der Waals surface area contributed by atoms with Gasteiger partial charge in [-0.25, -0.2) is 4.68 Å². The van der Waals surface area contributed by atoms with E-state index >= 15 is 0 Å². The summed E-state index contributed by atoms with van der Waals surface area (Å²) < 4.78 is 7.03. The van der Waals surface area contributed by atoms with Crippen molar-refractivity contribution < 1.29 is 14.0 Å². The van der Waals surface area contributed by atoms with Gasteiger partial charge >= 0.3 is 0 Å². The Morgan fingerprint density at radius 3 is 2.52 bits per heavy atom. The fraction of sp³-hybridized carbons (Fsp3) is 0.0870. The van der Waals surface area contributed by atoms with Crippen molar-refractivity contribution in [1.82, 2.24) is 14.7 Å². The first-order valence-corrected chi connectivity index (χ1v) is 10.3. The van der Waals surface area contributed by atoms with Crippen LogP contribution in [0.15, 0.2) is 88.4 Å². The fourth-order valence-electron chi connectivity index (χ4n) is 2.88. The Hall–Kier alpha value is -3.78. The average molecular weight is 433 g/mol. The van der Waals surface area contributed by atoms with Gasteiger partial charge in [-0.15, -0.1) is 0 Å². The molecule has 1 N–H and O–H groups in total. The van der Waals surface area contributed by atoms with E-state index in [2.05, 4.69) is 10.4 Å². The van der Waals surface area contributed by atoms with E-state index in [-0.39, 0.29) is 11.1 Å². The van der Waals surface area contributed by atoms with Crippen molar-refractivity contribution in [3.05, 3.63) is 84.8 Å². The lowest BCUT2D eigenvalue weighted by Crippen LogP contribution is -2.17. The molecule has 2 aromatic carbocycles. The van der Waals surface area contributed by atoms with Crippen LogP contribution in [0.3, 0.4) is 0 Å². The molecule has 4 aromatic rings. The van der Waals surface area contributed by atoms with Gasteiger partial charge in [-0.3, -0.25) is 9.59 Å². The van der Waals surface area contributed by atoms with Crippen molar-refractivity contribution in [3.8, 4) is 17.1 Å². The predicted molar refractivity (Wildman–Crippen MR) is 121 cm³/mol. The average Bonchev–Trinajstić information content (AvgIpc) is 3.44. The Morgan fingerprint density at radius 2 is 1.81 bits per heavy atom. The van der Waals surface area contributed by atoms with E-state index in [1.807, 2.05) is 36.4 Å². The molecule has 2 heterocycles. The van der Waals surface area contributed by atoms with Gasteiger partial charge in [-0.1, -0.05) is 24.3 Å². The van der Waals surface area contributed by atoms with E-state index in [1.165, 1.54) is 4.90 Å². The maximum absolute atomic E-state index is 13.1. The first-order chi connectivity index (χ1) is 15.0. The van der Waals surface area contributed by atoms with Gasteiger partial charge in [0.25, 0.3) is 11.1 Å². The van der Waals surface area contributed by atoms with E-state index in [1.54, 1.807) is 61.4 Å². The SMILES string of the molecule is CN(C)C(=O)Sc1cccc(NC(=O)c2cc(-c3ccco3)nn2-c2ccccc2)c1.